The number of carboxylic acid groups (broad SMARTS) is 1. The van der Waals surface area contributed by atoms with E-state index >= 15 is 0 Å². The van der Waals surface area contributed by atoms with E-state index in [1.54, 1.807) is 0 Å². The first-order valence-corrected chi connectivity index (χ1v) is 10.2. The number of nitrogens with two attached hydrogens (primary N) is 1. The Bertz CT molecular complexity index is 729. The molecule has 5 atom stereocenters. The van der Waals surface area contributed by atoms with Crippen LogP contribution in [0, 0.1) is 5.92 Å². The highest BCUT2D eigenvalue weighted by atomic mass is 32.1. The van der Waals surface area contributed by atoms with E-state index in [4.69, 9.17) is 10.8 Å². The molecule has 0 saturated carbocycles. The van der Waals surface area contributed by atoms with E-state index in [0.29, 0.717) is 12.1 Å². The van der Waals surface area contributed by atoms with E-state index < -0.39 is 47.9 Å². The molecule has 5 unspecified atom stereocenters. The molecular formula is C18H30N6O5S. The van der Waals surface area contributed by atoms with Gasteiger partial charge >= 0.3 is 5.97 Å². The van der Waals surface area contributed by atoms with Crippen molar-refractivity contribution in [3.05, 3.63) is 18.2 Å². The van der Waals surface area contributed by atoms with Gasteiger partial charge in [-0.15, -0.1) is 0 Å². The third kappa shape index (κ3) is 7.67. The number of nitrogens with one attached hydrogen (secondary N) is 4. The largest absolute Gasteiger partial charge is 0.480 e. The summed E-state index contributed by atoms with van der Waals surface area (Å²) in [5.74, 6) is -3.19. The second-order valence-electron chi connectivity index (χ2n) is 7.07. The first-order valence-electron chi connectivity index (χ1n) is 9.58. The van der Waals surface area contributed by atoms with Crippen molar-refractivity contribution in [1.82, 2.24) is 25.9 Å². The van der Waals surface area contributed by atoms with Gasteiger partial charge in [-0.05, 0) is 12.8 Å². The zero-order valence-electron chi connectivity index (χ0n) is 17.2. The number of aliphatic carboxylic acids is 1. The first kappa shape index (κ1) is 25.4. The van der Waals surface area contributed by atoms with E-state index in [9.17, 15) is 19.2 Å². The molecule has 11 nitrogen and oxygen atoms in total. The lowest BCUT2D eigenvalue weighted by Gasteiger charge is -2.25. The molecule has 3 amide bonds. The van der Waals surface area contributed by atoms with Crippen molar-refractivity contribution >= 4 is 36.3 Å². The summed E-state index contributed by atoms with van der Waals surface area (Å²) in [5, 5.41) is 16.3. The number of carbonyl (C=O) groups excluding carboxylic acids is 3. The summed E-state index contributed by atoms with van der Waals surface area (Å²) in [6, 6.07) is -4.05. The fourth-order valence-electron chi connectivity index (χ4n) is 2.45. The van der Waals surface area contributed by atoms with Crippen LogP contribution in [0.3, 0.4) is 0 Å². The van der Waals surface area contributed by atoms with Crippen molar-refractivity contribution in [2.24, 2.45) is 11.7 Å². The third-order valence-electron chi connectivity index (χ3n) is 4.72. The average molecular weight is 443 g/mol. The van der Waals surface area contributed by atoms with Gasteiger partial charge in [0.2, 0.25) is 17.7 Å². The van der Waals surface area contributed by atoms with E-state index in [-0.39, 0.29) is 18.1 Å². The Hall–Kier alpha value is -2.60. The van der Waals surface area contributed by atoms with Crippen molar-refractivity contribution in [3.8, 4) is 0 Å². The minimum atomic E-state index is -1.21. The lowest BCUT2D eigenvalue weighted by molar-refractivity contribution is -0.141. The molecule has 0 bridgehead atoms. The van der Waals surface area contributed by atoms with Gasteiger partial charge in [-0.2, -0.15) is 12.6 Å². The Morgan fingerprint density at radius 3 is 2.23 bits per heavy atom. The smallest absolute Gasteiger partial charge is 0.325 e. The highest BCUT2D eigenvalue weighted by Gasteiger charge is 2.30. The zero-order valence-corrected chi connectivity index (χ0v) is 18.1. The second-order valence-corrected chi connectivity index (χ2v) is 7.43. The van der Waals surface area contributed by atoms with Gasteiger partial charge in [0.05, 0.1) is 12.4 Å². The number of aromatic amines is 1. The van der Waals surface area contributed by atoms with Crippen LogP contribution >= 0.6 is 12.6 Å². The van der Waals surface area contributed by atoms with Gasteiger partial charge in [-0.25, -0.2) is 4.98 Å². The van der Waals surface area contributed by atoms with Crippen LogP contribution < -0.4 is 21.7 Å². The highest BCUT2D eigenvalue weighted by molar-refractivity contribution is 7.80. The Balaban J connectivity index is 2.91. The number of carbonyl (C=O) groups is 4. The van der Waals surface area contributed by atoms with Crippen LogP contribution in [-0.2, 0) is 25.6 Å². The summed E-state index contributed by atoms with van der Waals surface area (Å²) in [5.41, 5.74) is 6.55. The third-order valence-corrected chi connectivity index (χ3v) is 5.08. The highest BCUT2D eigenvalue weighted by Crippen LogP contribution is 2.07. The van der Waals surface area contributed by atoms with Gasteiger partial charge < -0.3 is 31.8 Å². The molecule has 0 aromatic carbocycles. The molecule has 0 aliphatic rings. The first-order chi connectivity index (χ1) is 14.1. The number of aromatic nitrogens is 2. The van der Waals surface area contributed by atoms with Crippen LogP contribution in [0.25, 0.3) is 0 Å². The molecule has 0 radical (unpaired) electrons. The fourth-order valence-corrected chi connectivity index (χ4v) is 2.71. The SMILES string of the molecule is CCC(C)C(N)C(=O)NC(Cc1cnc[nH]1)C(=O)NC(CS)C(=O)NC(C)C(=O)O. The summed E-state index contributed by atoms with van der Waals surface area (Å²) in [6.45, 7) is 5.04. The molecule has 1 rings (SSSR count). The van der Waals surface area contributed by atoms with Crippen LogP contribution in [0.1, 0.15) is 32.9 Å². The van der Waals surface area contributed by atoms with E-state index in [0.717, 1.165) is 0 Å². The molecule has 12 heteroatoms. The number of H-pyrrole nitrogens is 1. The monoisotopic (exact) mass is 442 g/mol. The average Bonchev–Trinajstić information content (AvgIpc) is 3.22. The predicted octanol–water partition coefficient (Wildman–Crippen LogP) is -1.19. The summed E-state index contributed by atoms with van der Waals surface area (Å²) in [7, 11) is 0. The van der Waals surface area contributed by atoms with Gasteiger partial charge in [0, 0.05) is 24.1 Å². The minimum Gasteiger partial charge on any atom is -0.480 e. The van der Waals surface area contributed by atoms with Gasteiger partial charge in [0.15, 0.2) is 0 Å². The predicted molar refractivity (Wildman–Crippen MR) is 113 cm³/mol. The molecule has 0 saturated heterocycles. The summed E-state index contributed by atoms with van der Waals surface area (Å²) in [6.07, 6.45) is 3.74. The van der Waals surface area contributed by atoms with Crippen molar-refractivity contribution in [2.75, 3.05) is 5.75 Å². The Labute approximate surface area is 180 Å². The molecule has 30 heavy (non-hydrogen) atoms. The van der Waals surface area contributed by atoms with Crippen LogP contribution in [0.5, 0.6) is 0 Å². The van der Waals surface area contributed by atoms with Crippen molar-refractivity contribution in [2.45, 2.75) is 57.8 Å². The normalized spacial score (nSPS) is 15.9. The number of imidazole rings is 1. The Kier molecular flexibility index (Phi) is 10.3. The van der Waals surface area contributed by atoms with Crippen LogP contribution in [0.15, 0.2) is 12.5 Å². The van der Waals surface area contributed by atoms with Crippen LogP contribution in [-0.4, -0.2) is 68.7 Å². The molecule has 0 spiro atoms. The van der Waals surface area contributed by atoms with Gasteiger partial charge in [-0.1, -0.05) is 20.3 Å². The molecule has 7 N–H and O–H groups in total. The fraction of sp³-hybridized carbons (Fsp3) is 0.611. The number of rotatable bonds is 12. The molecule has 1 heterocycles. The Morgan fingerprint density at radius 2 is 1.73 bits per heavy atom. The standard InChI is InChI=1S/C18H30N6O5S/c1-4-9(2)14(19)17(27)23-12(5-11-6-20-8-21-11)15(25)24-13(7-30)16(26)22-10(3)18(28)29/h6,8-10,12-14,30H,4-5,7,19H2,1-3H3,(H,20,21)(H,22,26)(H,23,27)(H,24,25)(H,28,29). The number of amides is 3. The lowest BCUT2D eigenvalue weighted by atomic mass is 9.98. The van der Waals surface area contributed by atoms with E-state index in [2.05, 4.69) is 38.5 Å². The van der Waals surface area contributed by atoms with E-state index in [1.165, 1.54) is 19.4 Å². The number of carboxylic acids is 1. The molecule has 0 aliphatic carbocycles. The topological polar surface area (TPSA) is 179 Å². The molecule has 168 valence electrons. The molecular weight excluding hydrogens is 412 g/mol. The number of thiol groups is 1. The minimum absolute atomic E-state index is 0.0684. The molecule has 1 aromatic rings. The maximum absolute atomic E-state index is 12.8. The summed E-state index contributed by atoms with van der Waals surface area (Å²) < 4.78 is 0. The molecule has 0 aliphatic heterocycles. The number of hydrogen-bond donors (Lipinski definition) is 7. The van der Waals surface area contributed by atoms with Crippen molar-refractivity contribution in [3.63, 3.8) is 0 Å². The molecule has 1 aromatic heterocycles. The van der Waals surface area contributed by atoms with E-state index in [1.807, 2.05) is 13.8 Å². The van der Waals surface area contributed by atoms with Gasteiger partial charge in [-0.3, -0.25) is 19.2 Å². The summed E-state index contributed by atoms with van der Waals surface area (Å²) >= 11 is 4.06. The number of nitrogens with zero attached hydrogens (tertiary/aromatic N) is 1. The Morgan fingerprint density at radius 1 is 1.13 bits per heavy atom. The maximum Gasteiger partial charge on any atom is 0.325 e. The quantitative estimate of drug-likeness (QED) is 0.199. The van der Waals surface area contributed by atoms with Crippen LogP contribution in [0.2, 0.25) is 0 Å². The van der Waals surface area contributed by atoms with Crippen molar-refractivity contribution < 1.29 is 24.3 Å². The number of hydrogen-bond acceptors (Lipinski definition) is 7. The second kappa shape index (κ2) is 12.2. The summed E-state index contributed by atoms with van der Waals surface area (Å²) in [4.78, 5) is 55.3. The molecule has 0 fully saturated rings. The van der Waals surface area contributed by atoms with Crippen molar-refractivity contribution in [1.29, 1.82) is 0 Å². The van der Waals surface area contributed by atoms with Crippen LogP contribution in [0.4, 0.5) is 0 Å². The van der Waals surface area contributed by atoms with Gasteiger partial charge in [0.1, 0.15) is 18.1 Å². The lowest BCUT2D eigenvalue weighted by Crippen LogP contribution is -2.58. The van der Waals surface area contributed by atoms with Gasteiger partial charge in [0.25, 0.3) is 0 Å². The zero-order chi connectivity index (χ0) is 22.8. The maximum atomic E-state index is 12.8.